The van der Waals surface area contributed by atoms with Crippen LogP contribution >= 0.6 is 0 Å². The fraction of sp³-hybridized carbons (Fsp3) is 0.300. The number of non-ortho nitro benzene ring substituents is 1. The van der Waals surface area contributed by atoms with Crippen LogP contribution in [0.15, 0.2) is 79.0 Å². The van der Waals surface area contributed by atoms with Gasteiger partial charge in [-0.15, -0.1) is 0 Å². The first kappa shape index (κ1) is 25.5. The van der Waals surface area contributed by atoms with Gasteiger partial charge in [0.1, 0.15) is 12.4 Å². The van der Waals surface area contributed by atoms with Crippen LogP contribution in [0.25, 0.3) is 10.9 Å². The first-order valence-electron chi connectivity index (χ1n) is 13.0. The van der Waals surface area contributed by atoms with Gasteiger partial charge in [0, 0.05) is 67.8 Å². The SMILES string of the molecule is CCN1CCN(C(=O)C[C@@H](c2cccc(OCc3ccccc3)c2)c2c[nH]c3ccc([N+](=O)[O-])cc23)CC1. The number of likely N-dealkylation sites (N-methyl/N-ethyl adjacent to an activating group) is 1. The van der Waals surface area contributed by atoms with Gasteiger partial charge in [-0.2, -0.15) is 0 Å². The fourth-order valence-electron chi connectivity index (χ4n) is 5.12. The Morgan fingerprint density at radius 1 is 1.03 bits per heavy atom. The highest BCUT2D eigenvalue weighted by molar-refractivity contribution is 5.87. The average Bonchev–Trinajstić information content (AvgIpc) is 3.38. The summed E-state index contributed by atoms with van der Waals surface area (Å²) in [6.45, 7) is 6.71. The molecule has 1 N–H and O–H groups in total. The number of nitro benzene ring substituents is 1. The zero-order valence-corrected chi connectivity index (χ0v) is 21.5. The Morgan fingerprint density at radius 2 is 1.82 bits per heavy atom. The monoisotopic (exact) mass is 512 g/mol. The van der Waals surface area contributed by atoms with Crippen molar-refractivity contribution in [2.75, 3.05) is 32.7 Å². The Hall–Kier alpha value is -4.17. The van der Waals surface area contributed by atoms with Gasteiger partial charge in [0.05, 0.1) is 4.92 Å². The van der Waals surface area contributed by atoms with Crippen LogP contribution in [0.5, 0.6) is 5.75 Å². The van der Waals surface area contributed by atoms with E-state index >= 15 is 0 Å². The van der Waals surface area contributed by atoms with Crippen molar-refractivity contribution in [3.63, 3.8) is 0 Å². The number of piperazine rings is 1. The lowest BCUT2D eigenvalue weighted by atomic mass is 9.87. The molecule has 38 heavy (non-hydrogen) atoms. The van der Waals surface area contributed by atoms with Gasteiger partial charge in [0.15, 0.2) is 0 Å². The van der Waals surface area contributed by atoms with Gasteiger partial charge in [0.2, 0.25) is 5.91 Å². The van der Waals surface area contributed by atoms with Gasteiger partial charge in [-0.05, 0) is 41.4 Å². The fourth-order valence-corrected chi connectivity index (χ4v) is 5.12. The molecule has 2 heterocycles. The maximum absolute atomic E-state index is 13.5. The van der Waals surface area contributed by atoms with Gasteiger partial charge >= 0.3 is 0 Å². The van der Waals surface area contributed by atoms with Crippen molar-refractivity contribution in [1.29, 1.82) is 0 Å². The van der Waals surface area contributed by atoms with E-state index in [-0.39, 0.29) is 28.9 Å². The molecule has 1 aliphatic rings. The third-order valence-electron chi connectivity index (χ3n) is 7.34. The average molecular weight is 513 g/mol. The molecule has 5 rings (SSSR count). The highest BCUT2D eigenvalue weighted by atomic mass is 16.6. The predicted octanol–water partition coefficient (Wildman–Crippen LogP) is 5.34. The Kier molecular flexibility index (Phi) is 7.70. The maximum atomic E-state index is 13.5. The lowest BCUT2D eigenvalue weighted by molar-refractivity contribution is -0.384. The predicted molar refractivity (Wildman–Crippen MR) is 147 cm³/mol. The number of carbonyl (C=O) groups excluding carboxylic acids is 1. The number of hydrogen-bond acceptors (Lipinski definition) is 5. The molecule has 1 aliphatic heterocycles. The first-order chi connectivity index (χ1) is 18.5. The van der Waals surface area contributed by atoms with E-state index in [1.54, 1.807) is 12.1 Å². The van der Waals surface area contributed by atoms with Crippen molar-refractivity contribution in [2.24, 2.45) is 0 Å². The van der Waals surface area contributed by atoms with E-state index in [1.807, 2.05) is 65.7 Å². The molecule has 0 unspecified atom stereocenters. The number of hydrogen-bond donors (Lipinski definition) is 1. The number of amides is 1. The largest absolute Gasteiger partial charge is 0.489 e. The van der Waals surface area contributed by atoms with Crippen molar-refractivity contribution < 1.29 is 14.5 Å². The summed E-state index contributed by atoms with van der Waals surface area (Å²) < 4.78 is 6.09. The van der Waals surface area contributed by atoms with Crippen LogP contribution in [-0.4, -0.2) is 58.3 Å². The summed E-state index contributed by atoms with van der Waals surface area (Å²) in [6.07, 6.45) is 2.14. The summed E-state index contributed by atoms with van der Waals surface area (Å²) in [5, 5.41) is 12.3. The van der Waals surface area contributed by atoms with E-state index in [9.17, 15) is 14.9 Å². The van der Waals surface area contributed by atoms with Crippen molar-refractivity contribution in [2.45, 2.75) is 25.9 Å². The smallest absolute Gasteiger partial charge is 0.270 e. The summed E-state index contributed by atoms with van der Waals surface area (Å²) in [7, 11) is 0. The van der Waals surface area contributed by atoms with Crippen LogP contribution in [0.3, 0.4) is 0 Å². The molecular weight excluding hydrogens is 480 g/mol. The summed E-state index contributed by atoms with van der Waals surface area (Å²) in [5.41, 5.74) is 3.70. The molecule has 1 saturated heterocycles. The minimum absolute atomic E-state index is 0.0269. The van der Waals surface area contributed by atoms with Crippen LogP contribution < -0.4 is 4.74 Å². The molecule has 1 fully saturated rings. The molecular formula is C30H32N4O4. The van der Waals surface area contributed by atoms with Crippen molar-refractivity contribution in [3.8, 4) is 5.75 Å². The highest BCUT2D eigenvalue weighted by Gasteiger charge is 2.27. The normalized spacial score (nSPS) is 14.9. The van der Waals surface area contributed by atoms with Crippen molar-refractivity contribution in [3.05, 3.63) is 106 Å². The number of nitro groups is 1. The van der Waals surface area contributed by atoms with Crippen LogP contribution in [-0.2, 0) is 11.4 Å². The molecule has 0 aliphatic carbocycles. The third kappa shape index (κ3) is 5.70. The molecule has 0 saturated carbocycles. The second kappa shape index (κ2) is 11.5. The zero-order valence-electron chi connectivity index (χ0n) is 21.5. The molecule has 0 radical (unpaired) electrons. The summed E-state index contributed by atoms with van der Waals surface area (Å²) in [5.74, 6) is 0.509. The molecule has 3 aromatic carbocycles. The number of ether oxygens (including phenoxy) is 1. The molecule has 196 valence electrons. The van der Waals surface area contributed by atoms with Crippen molar-refractivity contribution in [1.82, 2.24) is 14.8 Å². The first-order valence-corrected chi connectivity index (χ1v) is 13.0. The lowest BCUT2D eigenvalue weighted by Crippen LogP contribution is -2.48. The van der Waals surface area contributed by atoms with E-state index in [0.717, 1.165) is 47.2 Å². The molecule has 4 aromatic rings. The third-order valence-corrected chi connectivity index (χ3v) is 7.34. The molecule has 1 atom stereocenters. The van der Waals surface area contributed by atoms with E-state index in [1.165, 1.54) is 6.07 Å². The van der Waals surface area contributed by atoms with Gasteiger partial charge in [-0.3, -0.25) is 14.9 Å². The van der Waals surface area contributed by atoms with E-state index in [4.69, 9.17) is 4.74 Å². The van der Waals surface area contributed by atoms with E-state index < -0.39 is 0 Å². The number of rotatable bonds is 9. The molecule has 8 nitrogen and oxygen atoms in total. The van der Waals surface area contributed by atoms with E-state index in [2.05, 4.69) is 16.8 Å². The van der Waals surface area contributed by atoms with E-state index in [0.29, 0.717) is 25.4 Å². The number of nitrogens with zero attached hydrogens (tertiary/aromatic N) is 3. The Balaban J connectivity index is 1.46. The van der Waals surface area contributed by atoms with Gasteiger partial charge in [-0.1, -0.05) is 49.4 Å². The molecule has 8 heteroatoms. The molecule has 1 amide bonds. The molecule has 1 aromatic heterocycles. The Morgan fingerprint density at radius 3 is 2.55 bits per heavy atom. The topological polar surface area (TPSA) is 91.7 Å². The lowest BCUT2D eigenvalue weighted by Gasteiger charge is -2.35. The van der Waals surface area contributed by atoms with Gasteiger partial charge in [0.25, 0.3) is 5.69 Å². The van der Waals surface area contributed by atoms with Crippen molar-refractivity contribution >= 4 is 22.5 Å². The standard InChI is InChI=1S/C30H32N4O4/c1-2-32-13-15-33(16-14-32)30(35)19-26(28-20-31-29-12-11-24(34(36)37)18-27(28)29)23-9-6-10-25(17-23)38-21-22-7-4-3-5-8-22/h3-12,17-18,20,26,31H,2,13-16,19,21H2,1H3/t26-/m0/s1. The maximum Gasteiger partial charge on any atom is 0.270 e. The number of benzene rings is 3. The summed E-state index contributed by atoms with van der Waals surface area (Å²) >= 11 is 0. The number of nitrogens with one attached hydrogen (secondary N) is 1. The number of aromatic nitrogens is 1. The highest BCUT2D eigenvalue weighted by Crippen LogP contribution is 2.36. The van der Waals surface area contributed by atoms with Crippen LogP contribution in [0, 0.1) is 10.1 Å². The second-order valence-electron chi connectivity index (χ2n) is 9.65. The number of aromatic amines is 1. The van der Waals surface area contributed by atoms with Gasteiger partial charge < -0.3 is 19.5 Å². The van der Waals surface area contributed by atoms with Crippen LogP contribution in [0.1, 0.15) is 36.0 Å². The number of H-pyrrole nitrogens is 1. The Labute approximate surface area is 222 Å². The summed E-state index contributed by atoms with van der Waals surface area (Å²) in [4.78, 5) is 32.2. The van der Waals surface area contributed by atoms with Gasteiger partial charge in [-0.25, -0.2) is 0 Å². The second-order valence-corrected chi connectivity index (χ2v) is 9.65. The molecule has 0 spiro atoms. The summed E-state index contributed by atoms with van der Waals surface area (Å²) in [6, 6.07) is 22.6. The minimum atomic E-state index is -0.387. The zero-order chi connectivity index (χ0) is 26.5. The number of carbonyl (C=O) groups is 1. The molecule has 0 bridgehead atoms. The number of fused-ring (bicyclic) bond motifs is 1. The minimum Gasteiger partial charge on any atom is -0.489 e. The quantitative estimate of drug-likeness (QED) is 0.241. The van der Waals surface area contributed by atoms with Crippen LogP contribution in [0.2, 0.25) is 0 Å². The Bertz CT molecular complexity index is 1410. The van der Waals surface area contributed by atoms with Crippen LogP contribution in [0.4, 0.5) is 5.69 Å².